The number of amides is 1. The van der Waals surface area contributed by atoms with Crippen molar-refractivity contribution in [3.63, 3.8) is 0 Å². The van der Waals surface area contributed by atoms with Crippen LogP contribution in [0.3, 0.4) is 0 Å². The number of halogens is 3. The van der Waals surface area contributed by atoms with Crippen LogP contribution in [-0.4, -0.2) is 65.6 Å². The highest BCUT2D eigenvalue weighted by molar-refractivity contribution is 7.99. The van der Waals surface area contributed by atoms with Crippen LogP contribution in [0.2, 0.25) is 0 Å². The number of carbonyl (C=O) groups excluding carboxylic acids is 1. The topological polar surface area (TPSA) is 105 Å². The highest BCUT2D eigenvalue weighted by Crippen LogP contribution is 2.40. The lowest BCUT2D eigenvalue weighted by Crippen LogP contribution is -2.54. The van der Waals surface area contributed by atoms with Crippen LogP contribution in [0, 0.1) is 0 Å². The van der Waals surface area contributed by atoms with Gasteiger partial charge in [0, 0.05) is 19.5 Å². The fraction of sp³-hybridized carbons (Fsp3) is 0.632. The Labute approximate surface area is 188 Å². The van der Waals surface area contributed by atoms with Gasteiger partial charge in [-0.05, 0) is 61.5 Å². The van der Waals surface area contributed by atoms with Crippen LogP contribution in [0.15, 0.2) is 24.3 Å². The number of rotatable bonds is 7. The quantitative estimate of drug-likeness (QED) is 0.440. The lowest BCUT2D eigenvalue weighted by Gasteiger charge is -2.41. The summed E-state index contributed by atoms with van der Waals surface area (Å²) in [6, 6.07) is 5.04. The van der Waals surface area contributed by atoms with E-state index >= 15 is 0 Å². The van der Waals surface area contributed by atoms with Crippen molar-refractivity contribution in [3.05, 3.63) is 24.3 Å². The van der Waals surface area contributed by atoms with Crippen LogP contribution in [0.1, 0.15) is 32.1 Å². The van der Waals surface area contributed by atoms with E-state index in [4.69, 9.17) is 9.94 Å². The summed E-state index contributed by atoms with van der Waals surface area (Å²) in [6.07, 6.45) is -3.91. The maximum Gasteiger partial charge on any atom is 0.573 e. The number of hydroxylamine groups is 1. The van der Waals surface area contributed by atoms with Crippen molar-refractivity contribution in [2.24, 2.45) is 0 Å². The molecule has 0 radical (unpaired) electrons. The number of ether oxygens (including phenoxy) is 2. The highest BCUT2D eigenvalue weighted by atomic mass is 32.2. The van der Waals surface area contributed by atoms with Crippen molar-refractivity contribution in [1.29, 1.82) is 0 Å². The Bertz CT molecular complexity index is 881. The van der Waals surface area contributed by atoms with E-state index in [9.17, 15) is 26.4 Å². The van der Waals surface area contributed by atoms with Crippen LogP contribution in [0.5, 0.6) is 11.5 Å². The molecule has 0 atom stereocenters. The second-order valence-corrected chi connectivity index (χ2v) is 11.3. The summed E-state index contributed by atoms with van der Waals surface area (Å²) in [5, 5.41) is 8.91. The molecule has 0 saturated carbocycles. The molecule has 8 nitrogen and oxygen atoms in total. The molecule has 1 aromatic carbocycles. The van der Waals surface area contributed by atoms with Gasteiger partial charge in [-0.3, -0.25) is 10.0 Å². The van der Waals surface area contributed by atoms with Gasteiger partial charge >= 0.3 is 6.36 Å². The van der Waals surface area contributed by atoms with E-state index in [1.54, 1.807) is 17.2 Å². The molecule has 3 rings (SSSR count). The highest BCUT2D eigenvalue weighted by Gasteiger charge is 2.49. The Morgan fingerprint density at radius 2 is 1.72 bits per heavy atom. The molecule has 2 fully saturated rings. The SMILES string of the molecule is O=C(CC1(S(=O)(=O)N2CCC(Oc3ccc(OC(F)(F)F)cc3)CC2)CCSCC1)NO. The number of hydrogen-bond acceptors (Lipinski definition) is 7. The zero-order valence-corrected chi connectivity index (χ0v) is 18.8. The molecule has 1 amide bonds. The van der Waals surface area contributed by atoms with Crippen LogP contribution >= 0.6 is 11.8 Å². The maximum atomic E-state index is 13.4. The van der Waals surface area contributed by atoms with Crippen LogP contribution in [-0.2, 0) is 14.8 Å². The van der Waals surface area contributed by atoms with Crippen LogP contribution < -0.4 is 15.0 Å². The number of hydrogen-bond donors (Lipinski definition) is 2. The van der Waals surface area contributed by atoms with E-state index in [2.05, 4.69) is 4.74 Å². The van der Waals surface area contributed by atoms with Gasteiger partial charge in [-0.1, -0.05) is 0 Å². The van der Waals surface area contributed by atoms with E-state index in [0.29, 0.717) is 42.9 Å². The zero-order chi connectivity index (χ0) is 23.4. The molecule has 2 N–H and O–H groups in total. The van der Waals surface area contributed by atoms with E-state index in [1.165, 1.54) is 16.4 Å². The average Bonchev–Trinajstić information content (AvgIpc) is 2.75. The summed E-state index contributed by atoms with van der Waals surface area (Å²) >= 11 is 1.63. The van der Waals surface area contributed by atoms with Crippen molar-refractivity contribution in [2.75, 3.05) is 24.6 Å². The summed E-state index contributed by atoms with van der Waals surface area (Å²) in [5.74, 6) is 0.517. The summed E-state index contributed by atoms with van der Waals surface area (Å²) in [5.41, 5.74) is 1.54. The number of piperidine rings is 1. The van der Waals surface area contributed by atoms with E-state index in [0.717, 1.165) is 12.1 Å². The molecular weight excluding hydrogens is 473 g/mol. The minimum absolute atomic E-state index is 0.206. The molecule has 0 spiro atoms. The van der Waals surface area contributed by atoms with Gasteiger partial charge in [-0.2, -0.15) is 11.8 Å². The molecule has 0 unspecified atom stereocenters. The second-order valence-electron chi connectivity index (χ2n) is 7.75. The molecule has 2 heterocycles. The molecule has 13 heteroatoms. The number of alkyl halides is 3. The summed E-state index contributed by atoms with van der Waals surface area (Å²) in [4.78, 5) is 11.8. The maximum absolute atomic E-state index is 13.4. The van der Waals surface area contributed by atoms with Crippen molar-refractivity contribution >= 4 is 27.7 Å². The van der Waals surface area contributed by atoms with Crippen molar-refractivity contribution in [2.45, 2.75) is 49.3 Å². The van der Waals surface area contributed by atoms with Crippen molar-refractivity contribution in [1.82, 2.24) is 9.79 Å². The molecule has 0 aliphatic carbocycles. The molecule has 180 valence electrons. The first kappa shape index (κ1) is 24.9. The Balaban J connectivity index is 1.61. The smallest absolute Gasteiger partial charge is 0.490 e. The number of benzene rings is 1. The van der Waals surface area contributed by atoms with E-state index in [1.807, 2.05) is 0 Å². The second kappa shape index (κ2) is 10.1. The average molecular weight is 499 g/mol. The Morgan fingerprint density at radius 1 is 1.16 bits per heavy atom. The van der Waals surface area contributed by atoms with Gasteiger partial charge in [0.1, 0.15) is 17.6 Å². The van der Waals surface area contributed by atoms with Gasteiger partial charge in [0.25, 0.3) is 0 Å². The molecule has 0 aromatic heterocycles. The summed E-state index contributed by atoms with van der Waals surface area (Å²) < 4.78 is 73.4. The molecular formula is C19H25F3N2O6S2. The van der Waals surface area contributed by atoms with Gasteiger partial charge < -0.3 is 9.47 Å². The van der Waals surface area contributed by atoms with E-state index in [-0.39, 0.29) is 31.4 Å². The lowest BCUT2D eigenvalue weighted by molar-refractivity contribution is -0.274. The molecule has 2 saturated heterocycles. The first-order valence-corrected chi connectivity index (χ1v) is 12.7. The molecule has 1 aromatic rings. The number of nitrogens with one attached hydrogen (secondary N) is 1. The number of carbonyl (C=O) groups is 1. The third kappa shape index (κ3) is 6.00. The summed E-state index contributed by atoms with van der Waals surface area (Å²) in [6.45, 7) is 0.413. The zero-order valence-electron chi connectivity index (χ0n) is 17.1. The minimum atomic E-state index is -4.77. The molecule has 2 aliphatic rings. The molecule has 2 aliphatic heterocycles. The predicted molar refractivity (Wildman–Crippen MR) is 111 cm³/mol. The fourth-order valence-electron chi connectivity index (χ4n) is 3.98. The third-order valence-corrected chi connectivity index (χ3v) is 9.34. The normalized spacial score (nSPS) is 20.5. The van der Waals surface area contributed by atoms with Crippen LogP contribution in [0.25, 0.3) is 0 Å². The largest absolute Gasteiger partial charge is 0.573 e. The van der Waals surface area contributed by atoms with Crippen molar-refractivity contribution < 1.29 is 41.1 Å². The predicted octanol–water partition coefficient (Wildman–Crippen LogP) is 2.92. The van der Waals surface area contributed by atoms with Gasteiger partial charge in [-0.15, -0.1) is 13.2 Å². The Morgan fingerprint density at radius 3 is 2.25 bits per heavy atom. The van der Waals surface area contributed by atoms with Gasteiger partial charge in [-0.25, -0.2) is 18.2 Å². The standard InChI is InChI=1S/C19H25F3N2O6S2/c20-19(21,22)30-16-3-1-14(2-4-16)29-15-5-9-24(10-6-15)32(27,28)18(13-17(25)23-26)7-11-31-12-8-18/h1-4,15,26H,5-13H2,(H,23,25). The van der Waals surface area contributed by atoms with Crippen LogP contribution in [0.4, 0.5) is 13.2 Å². The van der Waals surface area contributed by atoms with Crippen molar-refractivity contribution in [3.8, 4) is 11.5 Å². The monoisotopic (exact) mass is 498 g/mol. The van der Waals surface area contributed by atoms with Gasteiger partial charge in [0.15, 0.2) is 0 Å². The van der Waals surface area contributed by atoms with Gasteiger partial charge in [0.2, 0.25) is 15.9 Å². The lowest BCUT2D eigenvalue weighted by atomic mass is 9.97. The fourth-order valence-corrected chi connectivity index (χ4v) is 7.78. The number of sulfonamides is 1. The summed E-state index contributed by atoms with van der Waals surface area (Å²) in [7, 11) is -3.80. The Hall–Kier alpha value is -1.70. The first-order valence-electron chi connectivity index (χ1n) is 10.1. The third-order valence-electron chi connectivity index (χ3n) is 5.66. The number of thioether (sulfide) groups is 1. The Kier molecular flexibility index (Phi) is 7.84. The first-order chi connectivity index (χ1) is 15.0. The minimum Gasteiger partial charge on any atom is -0.490 e. The van der Waals surface area contributed by atoms with Gasteiger partial charge in [0.05, 0.1) is 4.75 Å². The number of nitrogens with zero attached hydrogens (tertiary/aromatic N) is 1. The van der Waals surface area contributed by atoms with E-state index < -0.39 is 27.0 Å². The molecule has 0 bridgehead atoms. The molecule has 32 heavy (non-hydrogen) atoms.